The Morgan fingerprint density at radius 1 is 1.12 bits per heavy atom. The van der Waals surface area contributed by atoms with Gasteiger partial charge < -0.3 is 10.2 Å². The van der Waals surface area contributed by atoms with E-state index in [1.807, 2.05) is 0 Å². The lowest BCUT2D eigenvalue weighted by Crippen LogP contribution is -2.59. The topological polar surface area (TPSA) is 18.5 Å². The molecule has 0 aromatic rings. The van der Waals surface area contributed by atoms with E-state index in [4.69, 9.17) is 0 Å². The molecule has 3 saturated heterocycles. The molecule has 0 saturated carbocycles. The summed E-state index contributed by atoms with van der Waals surface area (Å²) in [5, 5.41) is 3.37. The monoisotopic (exact) mass is 353 g/mol. The third-order valence-electron chi connectivity index (χ3n) is 4.68. The van der Waals surface area contributed by atoms with Crippen molar-refractivity contribution in [3.05, 3.63) is 0 Å². The Balaban J connectivity index is 1.50. The van der Waals surface area contributed by atoms with E-state index in [1.54, 1.807) is 0 Å². The van der Waals surface area contributed by atoms with Crippen molar-refractivity contribution < 1.29 is 4.39 Å². The highest BCUT2D eigenvalue weighted by Gasteiger charge is 2.43. The van der Waals surface area contributed by atoms with Crippen LogP contribution < -0.4 is 5.32 Å². The molecular weight excluding hydrogens is 332 g/mol. The van der Waals surface area contributed by atoms with Crippen LogP contribution in [-0.4, -0.2) is 59.5 Å². The number of halogens is 2. The highest BCUT2D eigenvalue weighted by Crippen LogP contribution is 2.36. The molecule has 1 atom stereocenters. The quantitative estimate of drug-likeness (QED) is 0.599. The fourth-order valence-corrected chi connectivity index (χ4v) is 4.19. The third kappa shape index (κ3) is 2.62. The second-order valence-corrected chi connectivity index (χ2v) is 7.49. The molecule has 1 N–H and O–H groups in total. The van der Waals surface area contributed by atoms with Gasteiger partial charge in [-0.15, -0.1) is 0 Å². The smallest absolute Gasteiger partial charge is 0.138 e. The fourth-order valence-electron chi connectivity index (χ4n) is 3.33. The van der Waals surface area contributed by atoms with Crippen molar-refractivity contribution in [3.63, 3.8) is 0 Å². The van der Waals surface area contributed by atoms with Crippen molar-refractivity contribution in [3.8, 4) is 0 Å². The molecule has 98 valence electrons. The van der Waals surface area contributed by atoms with Gasteiger partial charge in [0.05, 0.1) is 0 Å². The van der Waals surface area contributed by atoms with E-state index in [0.29, 0.717) is 24.9 Å². The minimum atomic E-state index is -0.955. The Morgan fingerprint density at radius 3 is 2.29 bits per heavy atom. The van der Waals surface area contributed by atoms with E-state index >= 15 is 0 Å². The van der Waals surface area contributed by atoms with Gasteiger partial charge in [-0.25, -0.2) is 7.50 Å². The number of likely N-dealkylation sites (tertiary alicyclic amines) is 1. The average molecular weight is 353 g/mol. The van der Waals surface area contributed by atoms with Crippen LogP contribution in [0.15, 0.2) is 0 Å². The molecule has 0 radical (unpaired) electrons. The summed E-state index contributed by atoms with van der Waals surface area (Å²) in [6.07, 6.45) is 3.22. The molecular formula is C12H21FIN3. The Kier molecular flexibility index (Phi) is 3.38. The highest BCUT2D eigenvalue weighted by atomic mass is 127. The van der Waals surface area contributed by atoms with Gasteiger partial charge in [-0.05, 0) is 37.8 Å². The van der Waals surface area contributed by atoms with Crippen LogP contribution in [0.4, 0.5) is 4.39 Å². The maximum absolute atomic E-state index is 14.5. The average Bonchev–Trinajstić information content (AvgIpc) is 2.57. The lowest BCUT2D eigenvalue weighted by molar-refractivity contribution is 0.0246. The molecule has 17 heavy (non-hydrogen) atoms. The maximum atomic E-state index is 14.5. The molecule has 1 spiro atoms. The second-order valence-electron chi connectivity index (χ2n) is 6.12. The molecule has 3 fully saturated rings. The number of alkyl halides is 1. The lowest BCUT2D eigenvalue weighted by Gasteiger charge is -2.49. The first-order valence-electron chi connectivity index (χ1n) is 6.62. The summed E-state index contributed by atoms with van der Waals surface area (Å²) in [7, 11) is 0. The van der Waals surface area contributed by atoms with Crippen LogP contribution in [0.3, 0.4) is 0 Å². The molecule has 1 unspecified atom stereocenters. The number of hydrogen-bond donors (Lipinski definition) is 1. The predicted molar refractivity (Wildman–Crippen MR) is 75.0 cm³/mol. The standard InChI is InChI=1S/C12H21FIN3/c13-12(3-6-17(14)10-12)9-16-4-1-11(2-5-16)7-15-8-11/h15H,1-10H2. The minimum Gasteiger partial charge on any atom is -0.316 e. The van der Waals surface area contributed by atoms with Gasteiger partial charge in [0.15, 0.2) is 0 Å². The zero-order chi connectivity index (χ0) is 11.9. The zero-order valence-electron chi connectivity index (χ0n) is 10.2. The summed E-state index contributed by atoms with van der Waals surface area (Å²) < 4.78 is 16.6. The number of hydrogen-bond acceptors (Lipinski definition) is 3. The molecule has 3 heterocycles. The Labute approximate surface area is 117 Å². The van der Waals surface area contributed by atoms with E-state index in [9.17, 15) is 4.39 Å². The molecule has 3 aliphatic rings. The molecule has 0 aliphatic carbocycles. The number of nitrogens with one attached hydrogen (secondary N) is 1. The van der Waals surface area contributed by atoms with Gasteiger partial charge in [0.2, 0.25) is 0 Å². The molecule has 5 heteroatoms. The first-order chi connectivity index (χ1) is 8.09. The SMILES string of the molecule is FC1(CN2CCC3(CC2)CNC3)CCN(I)C1. The molecule has 0 aromatic carbocycles. The van der Waals surface area contributed by atoms with Gasteiger partial charge in [-0.1, -0.05) is 0 Å². The van der Waals surface area contributed by atoms with Gasteiger partial charge in [0.1, 0.15) is 5.67 Å². The van der Waals surface area contributed by atoms with Crippen LogP contribution in [0, 0.1) is 5.41 Å². The normalized spacial score (nSPS) is 38.5. The first kappa shape index (κ1) is 12.6. The fraction of sp³-hybridized carbons (Fsp3) is 1.00. The van der Waals surface area contributed by atoms with Gasteiger partial charge >= 0.3 is 0 Å². The Morgan fingerprint density at radius 2 is 1.82 bits per heavy atom. The largest absolute Gasteiger partial charge is 0.316 e. The van der Waals surface area contributed by atoms with Gasteiger partial charge in [-0.2, -0.15) is 0 Å². The van der Waals surface area contributed by atoms with E-state index < -0.39 is 5.67 Å². The van der Waals surface area contributed by atoms with Crippen LogP contribution in [0.1, 0.15) is 19.3 Å². The van der Waals surface area contributed by atoms with Gasteiger partial charge in [0, 0.05) is 55.6 Å². The van der Waals surface area contributed by atoms with Crippen LogP contribution in [0.5, 0.6) is 0 Å². The molecule has 3 aliphatic heterocycles. The highest BCUT2D eigenvalue weighted by molar-refractivity contribution is 14.1. The summed E-state index contributed by atoms with van der Waals surface area (Å²) in [5.74, 6) is 0. The molecule has 0 amide bonds. The van der Waals surface area contributed by atoms with E-state index in [2.05, 4.69) is 36.2 Å². The summed E-state index contributed by atoms with van der Waals surface area (Å²) in [4.78, 5) is 2.35. The number of piperidine rings is 1. The maximum Gasteiger partial charge on any atom is 0.138 e. The van der Waals surface area contributed by atoms with Crippen molar-refractivity contribution >= 4 is 22.9 Å². The zero-order valence-corrected chi connectivity index (χ0v) is 12.4. The Hall–Kier alpha value is 0.540. The molecule has 3 nitrogen and oxygen atoms in total. The van der Waals surface area contributed by atoms with Gasteiger partial charge in [-0.3, -0.25) is 0 Å². The van der Waals surface area contributed by atoms with Crippen LogP contribution in [0.25, 0.3) is 0 Å². The van der Waals surface area contributed by atoms with E-state index in [-0.39, 0.29) is 0 Å². The van der Waals surface area contributed by atoms with Crippen molar-refractivity contribution in [1.82, 2.24) is 13.3 Å². The van der Waals surface area contributed by atoms with Crippen LogP contribution >= 0.6 is 22.9 Å². The van der Waals surface area contributed by atoms with Gasteiger partial charge in [0.25, 0.3) is 0 Å². The van der Waals surface area contributed by atoms with E-state index in [1.165, 1.54) is 25.9 Å². The first-order valence-corrected chi connectivity index (χ1v) is 7.59. The second kappa shape index (κ2) is 4.58. The molecule has 0 aromatic heterocycles. The third-order valence-corrected chi connectivity index (χ3v) is 5.50. The van der Waals surface area contributed by atoms with Crippen LogP contribution in [-0.2, 0) is 0 Å². The van der Waals surface area contributed by atoms with Crippen molar-refractivity contribution in [2.45, 2.75) is 24.9 Å². The van der Waals surface area contributed by atoms with Crippen molar-refractivity contribution in [2.24, 2.45) is 5.41 Å². The molecule has 3 rings (SSSR count). The summed E-state index contributed by atoms with van der Waals surface area (Å²) >= 11 is 2.24. The lowest BCUT2D eigenvalue weighted by atomic mass is 9.73. The van der Waals surface area contributed by atoms with E-state index in [0.717, 1.165) is 19.6 Å². The minimum absolute atomic E-state index is 0.574. The summed E-state index contributed by atoms with van der Waals surface area (Å²) in [6.45, 7) is 6.71. The predicted octanol–water partition coefficient (Wildman–Crippen LogP) is 1.44. The number of rotatable bonds is 2. The van der Waals surface area contributed by atoms with Crippen molar-refractivity contribution in [1.29, 1.82) is 0 Å². The summed E-state index contributed by atoms with van der Waals surface area (Å²) in [5.41, 5.74) is -0.380. The summed E-state index contributed by atoms with van der Waals surface area (Å²) in [6, 6.07) is 0. The van der Waals surface area contributed by atoms with Crippen molar-refractivity contribution in [2.75, 3.05) is 45.8 Å². The van der Waals surface area contributed by atoms with Crippen LogP contribution in [0.2, 0.25) is 0 Å². The number of nitrogens with zero attached hydrogens (tertiary/aromatic N) is 2. The Bertz CT molecular complexity index is 287. The molecule has 0 bridgehead atoms.